The van der Waals surface area contributed by atoms with Gasteiger partial charge >= 0.3 is 0 Å². The molecule has 1 aromatic carbocycles. The molecule has 0 aliphatic carbocycles. The summed E-state index contributed by atoms with van der Waals surface area (Å²) in [5.74, 6) is 0.0958. The number of carbonyl (C=O) groups excluding carboxylic acids is 1. The molecule has 2 rings (SSSR count). The van der Waals surface area contributed by atoms with Crippen molar-refractivity contribution in [2.75, 3.05) is 44.2 Å². The molecule has 0 radical (unpaired) electrons. The average Bonchev–Trinajstić information content (AvgIpc) is 2.54. The van der Waals surface area contributed by atoms with Gasteiger partial charge in [0.05, 0.1) is 0 Å². The van der Waals surface area contributed by atoms with Gasteiger partial charge in [0.25, 0.3) is 0 Å². The summed E-state index contributed by atoms with van der Waals surface area (Å²) in [5.41, 5.74) is 6.78. The largest absolute Gasteiger partial charge is 0.369 e. The van der Waals surface area contributed by atoms with Gasteiger partial charge in [-0.1, -0.05) is 18.2 Å². The Morgan fingerprint density at radius 2 is 1.90 bits per heavy atom. The van der Waals surface area contributed by atoms with Crippen LogP contribution >= 0.6 is 0 Å². The lowest BCUT2D eigenvalue weighted by atomic mass is 10.2. The Morgan fingerprint density at radius 3 is 2.52 bits per heavy atom. The number of nitrogens with two attached hydrogens (primary N) is 1. The highest BCUT2D eigenvalue weighted by atomic mass is 16.1. The Labute approximate surface area is 127 Å². The van der Waals surface area contributed by atoms with E-state index in [0.717, 1.165) is 32.7 Å². The Bertz CT molecular complexity index is 429. The van der Waals surface area contributed by atoms with Crippen LogP contribution in [0.3, 0.4) is 0 Å². The summed E-state index contributed by atoms with van der Waals surface area (Å²) in [6, 6.07) is 10.6. The van der Waals surface area contributed by atoms with Crippen molar-refractivity contribution < 1.29 is 4.79 Å². The van der Waals surface area contributed by atoms with Crippen LogP contribution in [-0.4, -0.2) is 56.1 Å². The molecule has 21 heavy (non-hydrogen) atoms. The molecule has 5 heteroatoms. The minimum atomic E-state index is 0.0624. The van der Waals surface area contributed by atoms with Crippen molar-refractivity contribution in [3.63, 3.8) is 0 Å². The summed E-state index contributed by atoms with van der Waals surface area (Å²) in [6.45, 7) is 7.29. The third-order valence-corrected chi connectivity index (χ3v) is 3.91. The third kappa shape index (κ3) is 5.02. The number of amides is 1. The first-order chi connectivity index (χ1) is 10.2. The highest BCUT2D eigenvalue weighted by molar-refractivity contribution is 5.76. The molecule has 3 N–H and O–H groups in total. The molecule has 0 aromatic heterocycles. The summed E-state index contributed by atoms with van der Waals surface area (Å²) < 4.78 is 0. The number of nitrogens with one attached hydrogen (secondary N) is 1. The van der Waals surface area contributed by atoms with E-state index in [2.05, 4.69) is 39.4 Å². The van der Waals surface area contributed by atoms with E-state index in [0.29, 0.717) is 13.0 Å². The van der Waals surface area contributed by atoms with E-state index in [4.69, 9.17) is 5.73 Å². The molecule has 1 fully saturated rings. The minimum absolute atomic E-state index is 0.0624. The van der Waals surface area contributed by atoms with Crippen molar-refractivity contribution >= 4 is 11.6 Å². The summed E-state index contributed by atoms with van der Waals surface area (Å²) in [6.07, 6.45) is 0.551. The Balaban J connectivity index is 1.69. The number of nitrogens with zero attached hydrogens (tertiary/aromatic N) is 2. The van der Waals surface area contributed by atoms with Crippen LogP contribution in [0.1, 0.15) is 13.3 Å². The number of anilines is 1. The second-order valence-electron chi connectivity index (χ2n) is 5.62. The predicted molar refractivity (Wildman–Crippen MR) is 86.4 cm³/mol. The van der Waals surface area contributed by atoms with E-state index in [1.165, 1.54) is 5.69 Å². The van der Waals surface area contributed by atoms with Crippen molar-refractivity contribution in [3.05, 3.63) is 30.3 Å². The fraction of sp³-hybridized carbons (Fsp3) is 0.562. The fourth-order valence-corrected chi connectivity index (χ4v) is 2.53. The lowest BCUT2D eigenvalue weighted by Gasteiger charge is -2.36. The number of rotatable bonds is 6. The molecule has 1 aliphatic heterocycles. The van der Waals surface area contributed by atoms with Crippen molar-refractivity contribution in [3.8, 4) is 0 Å². The molecular formula is C16H26N4O. The van der Waals surface area contributed by atoms with Gasteiger partial charge in [-0.25, -0.2) is 0 Å². The smallest absolute Gasteiger partial charge is 0.221 e. The van der Waals surface area contributed by atoms with Gasteiger partial charge in [0, 0.05) is 57.4 Å². The van der Waals surface area contributed by atoms with Gasteiger partial charge in [-0.15, -0.1) is 0 Å². The molecule has 116 valence electrons. The summed E-state index contributed by atoms with van der Waals surface area (Å²) in [4.78, 5) is 16.5. The van der Waals surface area contributed by atoms with Gasteiger partial charge in [0.15, 0.2) is 0 Å². The zero-order chi connectivity index (χ0) is 15.1. The van der Waals surface area contributed by atoms with Crippen LogP contribution < -0.4 is 16.0 Å². The standard InChI is InChI=1S/C16H26N4O/c1-14(13-17)18-16(21)7-8-19-9-11-20(12-10-19)15-5-3-2-4-6-15/h2-6,14H,7-13,17H2,1H3,(H,18,21)/t14-/m0/s1. The normalized spacial score (nSPS) is 17.5. The summed E-state index contributed by atoms with van der Waals surface area (Å²) >= 11 is 0. The number of para-hydroxylation sites is 1. The van der Waals surface area contributed by atoms with E-state index in [9.17, 15) is 4.79 Å². The molecule has 1 aliphatic rings. The van der Waals surface area contributed by atoms with Gasteiger partial charge in [0.2, 0.25) is 5.91 Å². The van der Waals surface area contributed by atoms with Gasteiger partial charge in [-0.05, 0) is 19.1 Å². The number of hydrogen-bond donors (Lipinski definition) is 2. The van der Waals surface area contributed by atoms with E-state index in [1.807, 2.05) is 13.0 Å². The number of piperazine rings is 1. The van der Waals surface area contributed by atoms with E-state index < -0.39 is 0 Å². The first-order valence-corrected chi connectivity index (χ1v) is 7.71. The predicted octanol–water partition coefficient (Wildman–Crippen LogP) is 0.662. The monoisotopic (exact) mass is 290 g/mol. The maximum Gasteiger partial charge on any atom is 0.221 e. The lowest BCUT2D eigenvalue weighted by molar-refractivity contribution is -0.122. The van der Waals surface area contributed by atoms with Crippen LogP contribution in [0, 0.1) is 0 Å². The Kier molecular flexibility index (Phi) is 6.02. The molecule has 0 spiro atoms. The maximum absolute atomic E-state index is 11.7. The third-order valence-electron chi connectivity index (χ3n) is 3.91. The highest BCUT2D eigenvalue weighted by Gasteiger charge is 2.17. The zero-order valence-electron chi connectivity index (χ0n) is 12.8. The number of benzene rings is 1. The molecule has 1 atom stereocenters. The van der Waals surface area contributed by atoms with Crippen molar-refractivity contribution in [2.45, 2.75) is 19.4 Å². The molecule has 1 saturated heterocycles. The van der Waals surface area contributed by atoms with E-state index in [1.54, 1.807) is 0 Å². The second-order valence-corrected chi connectivity index (χ2v) is 5.62. The SMILES string of the molecule is C[C@@H](CN)NC(=O)CCN1CCN(c2ccccc2)CC1. The summed E-state index contributed by atoms with van der Waals surface area (Å²) in [7, 11) is 0. The molecule has 0 bridgehead atoms. The quantitative estimate of drug-likeness (QED) is 0.808. The van der Waals surface area contributed by atoms with E-state index in [-0.39, 0.29) is 11.9 Å². The maximum atomic E-state index is 11.7. The van der Waals surface area contributed by atoms with Gasteiger partial charge in [-0.3, -0.25) is 9.69 Å². The zero-order valence-corrected chi connectivity index (χ0v) is 12.8. The first kappa shape index (κ1) is 15.8. The minimum Gasteiger partial charge on any atom is -0.369 e. The topological polar surface area (TPSA) is 61.6 Å². The van der Waals surface area contributed by atoms with E-state index >= 15 is 0 Å². The lowest BCUT2D eigenvalue weighted by Crippen LogP contribution is -2.47. The number of hydrogen-bond acceptors (Lipinski definition) is 4. The molecule has 0 unspecified atom stereocenters. The van der Waals surface area contributed by atoms with Crippen LogP contribution in [0.25, 0.3) is 0 Å². The van der Waals surface area contributed by atoms with Crippen molar-refractivity contribution in [1.82, 2.24) is 10.2 Å². The molecule has 1 aromatic rings. The average molecular weight is 290 g/mol. The molecule has 1 amide bonds. The fourth-order valence-electron chi connectivity index (χ4n) is 2.53. The first-order valence-electron chi connectivity index (χ1n) is 7.71. The molecule has 0 saturated carbocycles. The Hall–Kier alpha value is -1.59. The number of carbonyl (C=O) groups is 1. The second kappa shape index (κ2) is 8.00. The van der Waals surface area contributed by atoms with Crippen molar-refractivity contribution in [1.29, 1.82) is 0 Å². The summed E-state index contributed by atoms with van der Waals surface area (Å²) in [5, 5.41) is 2.90. The Morgan fingerprint density at radius 1 is 1.24 bits per heavy atom. The highest BCUT2D eigenvalue weighted by Crippen LogP contribution is 2.15. The van der Waals surface area contributed by atoms with Crippen LogP contribution in [0.5, 0.6) is 0 Å². The van der Waals surface area contributed by atoms with Crippen LogP contribution in [-0.2, 0) is 4.79 Å². The molecular weight excluding hydrogens is 264 g/mol. The molecule has 1 heterocycles. The van der Waals surface area contributed by atoms with Gasteiger partial charge < -0.3 is 16.0 Å². The molecule has 5 nitrogen and oxygen atoms in total. The van der Waals surface area contributed by atoms with Crippen LogP contribution in [0.2, 0.25) is 0 Å². The van der Waals surface area contributed by atoms with Gasteiger partial charge in [0.1, 0.15) is 0 Å². The van der Waals surface area contributed by atoms with Crippen LogP contribution in [0.15, 0.2) is 30.3 Å². The van der Waals surface area contributed by atoms with Crippen LogP contribution in [0.4, 0.5) is 5.69 Å². The van der Waals surface area contributed by atoms with Gasteiger partial charge in [-0.2, -0.15) is 0 Å². The van der Waals surface area contributed by atoms with Crippen molar-refractivity contribution in [2.24, 2.45) is 5.73 Å².